The first kappa shape index (κ1) is 27.7. The third kappa shape index (κ3) is 5.29. The van der Waals surface area contributed by atoms with Gasteiger partial charge < -0.3 is 34.5 Å². The van der Waals surface area contributed by atoms with Crippen molar-refractivity contribution in [3.63, 3.8) is 0 Å². The summed E-state index contributed by atoms with van der Waals surface area (Å²) in [6.07, 6.45) is -1.89. The fourth-order valence-electron chi connectivity index (χ4n) is 4.68. The van der Waals surface area contributed by atoms with Crippen LogP contribution in [0.2, 0.25) is 0 Å². The second kappa shape index (κ2) is 11.9. The first-order valence-corrected chi connectivity index (χ1v) is 11.5. The molecule has 3 rings (SSSR count). The van der Waals surface area contributed by atoms with E-state index in [1.54, 1.807) is 54.6 Å². The number of rotatable bonds is 12. The van der Waals surface area contributed by atoms with Gasteiger partial charge >= 0.3 is 0 Å². The highest BCUT2D eigenvalue weighted by Gasteiger charge is 2.70. The lowest BCUT2D eigenvalue weighted by molar-refractivity contribution is -0.184. The molecule has 0 aliphatic carbocycles. The monoisotopic (exact) mass is 502 g/mol. The van der Waals surface area contributed by atoms with E-state index >= 15 is 0 Å². The molecule has 3 N–H and O–H groups in total. The Morgan fingerprint density at radius 2 is 1.44 bits per heavy atom. The van der Waals surface area contributed by atoms with Crippen LogP contribution in [0.3, 0.4) is 0 Å². The molecule has 1 saturated heterocycles. The predicted octanol–water partition coefficient (Wildman–Crippen LogP) is 0.629. The van der Waals surface area contributed by atoms with Crippen LogP contribution in [0.1, 0.15) is 17.0 Å². The number of hydrogen-bond donors (Lipinski definition) is 3. The number of amides is 2. The molecule has 36 heavy (non-hydrogen) atoms. The zero-order chi connectivity index (χ0) is 26.3. The Hall–Kier alpha value is -2.86. The van der Waals surface area contributed by atoms with Crippen molar-refractivity contribution in [3.05, 3.63) is 71.8 Å². The lowest BCUT2D eigenvalue weighted by Gasteiger charge is -2.38. The summed E-state index contributed by atoms with van der Waals surface area (Å²) in [6, 6.07) is 17.4. The van der Waals surface area contributed by atoms with Crippen LogP contribution in [0.4, 0.5) is 0 Å². The minimum atomic E-state index is -2.50. The summed E-state index contributed by atoms with van der Waals surface area (Å²) < 4.78 is 20.8. The van der Waals surface area contributed by atoms with E-state index in [0.29, 0.717) is 11.1 Å². The van der Waals surface area contributed by atoms with Crippen molar-refractivity contribution >= 4 is 11.8 Å². The maximum atomic E-state index is 13.9. The molecule has 10 nitrogen and oxygen atoms in total. The summed E-state index contributed by atoms with van der Waals surface area (Å²) in [5.74, 6) is -3.08. The molecule has 1 fully saturated rings. The van der Waals surface area contributed by atoms with Gasteiger partial charge in [-0.2, -0.15) is 0 Å². The first-order chi connectivity index (χ1) is 17.3. The van der Waals surface area contributed by atoms with Crippen molar-refractivity contribution in [1.82, 2.24) is 10.2 Å². The molecule has 0 radical (unpaired) electrons. The van der Waals surface area contributed by atoms with E-state index in [0.717, 1.165) is 4.90 Å². The van der Waals surface area contributed by atoms with Gasteiger partial charge in [0.05, 0.1) is 19.0 Å². The van der Waals surface area contributed by atoms with Gasteiger partial charge in [0, 0.05) is 34.9 Å². The predicted molar refractivity (Wildman–Crippen MR) is 130 cm³/mol. The number of likely N-dealkylation sites (tertiary alicyclic amines) is 1. The number of benzene rings is 2. The average molecular weight is 503 g/mol. The lowest BCUT2D eigenvalue weighted by atomic mass is 9.75. The van der Waals surface area contributed by atoms with Crippen molar-refractivity contribution in [2.45, 2.75) is 36.2 Å². The molecule has 0 saturated carbocycles. The zero-order valence-corrected chi connectivity index (χ0v) is 20.9. The van der Waals surface area contributed by atoms with Gasteiger partial charge in [0.25, 0.3) is 11.8 Å². The van der Waals surface area contributed by atoms with Crippen molar-refractivity contribution in [1.29, 1.82) is 0 Å². The molecule has 2 aromatic rings. The van der Waals surface area contributed by atoms with Crippen molar-refractivity contribution in [2.24, 2.45) is 0 Å². The van der Waals surface area contributed by atoms with Crippen LogP contribution < -0.4 is 5.32 Å². The molecule has 3 unspecified atom stereocenters. The molecule has 1 aliphatic rings. The van der Waals surface area contributed by atoms with E-state index < -0.39 is 41.6 Å². The third-order valence-electron chi connectivity index (χ3n) is 6.50. The number of hydrogen-bond acceptors (Lipinski definition) is 8. The highest BCUT2D eigenvalue weighted by Crippen LogP contribution is 2.49. The second-order valence-electron chi connectivity index (χ2n) is 8.58. The fourth-order valence-corrected chi connectivity index (χ4v) is 4.68. The molecule has 1 heterocycles. The van der Waals surface area contributed by atoms with Crippen LogP contribution in [0.25, 0.3) is 0 Å². The molecule has 2 aromatic carbocycles. The Labute approximate surface area is 210 Å². The Bertz CT molecular complexity index is 1000. The quantitative estimate of drug-likeness (QED) is 0.361. The third-order valence-corrected chi connectivity index (χ3v) is 6.50. The number of nitrogens with one attached hydrogen (secondary N) is 1. The highest BCUT2D eigenvalue weighted by molar-refractivity contribution is 6.00. The van der Waals surface area contributed by atoms with Crippen molar-refractivity contribution in [3.8, 4) is 0 Å². The van der Waals surface area contributed by atoms with Crippen LogP contribution in [0.15, 0.2) is 60.7 Å². The molecule has 2 amide bonds. The molecule has 0 spiro atoms. The van der Waals surface area contributed by atoms with Gasteiger partial charge in [-0.05, 0) is 11.1 Å². The number of carbonyl (C=O) groups is 2. The number of ether oxygens (including phenoxy) is 4. The number of nitrogens with zero attached hydrogens (tertiary/aromatic N) is 1. The summed E-state index contributed by atoms with van der Waals surface area (Å²) in [5, 5.41) is 26.8. The van der Waals surface area contributed by atoms with Crippen LogP contribution in [-0.4, -0.2) is 92.4 Å². The minimum Gasteiger partial charge on any atom is -0.379 e. The molecule has 1 aliphatic heterocycles. The normalized spacial score (nSPS) is 24.1. The van der Waals surface area contributed by atoms with Gasteiger partial charge in [-0.3, -0.25) is 14.5 Å². The van der Waals surface area contributed by atoms with Crippen LogP contribution >= 0.6 is 0 Å². The van der Waals surface area contributed by atoms with Crippen molar-refractivity contribution < 1.29 is 38.7 Å². The Balaban J connectivity index is 2.15. The number of methoxy groups -OCH3 is 4. The molecular weight excluding hydrogens is 468 g/mol. The van der Waals surface area contributed by atoms with E-state index in [1.165, 1.54) is 28.4 Å². The van der Waals surface area contributed by atoms with Crippen molar-refractivity contribution in [2.75, 3.05) is 41.5 Å². The largest absolute Gasteiger partial charge is 0.379 e. The van der Waals surface area contributed by atoms with Crippen LogP contribution in [-0.2, 0) is 35.0 Å². The second-order valence-corrected chi connectivity index (χ2v) is 8.58. The van der Waals surface area contributed by atoms with Gasteiger partial charge in [0.1, 0.15) is 0 Å². The maximum absolute atomic E-state index is 13.9. The SMILES string of the molecule is COC(CNC(=O)C1(O)C(c2ccccc2)C(O)(Cc2ccccc2)C(=O)N1CC(OC)OC)OC. The van der Waals surface area contributed by atoms with E-state index in [9.17, 15) is 19.8 Å². The zero-order valence-electron chi connectivity index (χ0n) is 20.9. The standard InChI is InChI=1S/C26H34N2O8/c1-33-20(34-2)16-27-23(29)26(32)22(19-13-9-6-10-14-19)25(31,15-18-11-7-5-8-12-18)24(30)28(26)17-21(35-3)36-4/h5-14,20-22,31-32H,15-17H2,1-4H3,(H,27,29). The molecule has 0 bridgehead atoms. The Kier molecular flexibility index (Phi) is 9.18. The summed E-state index contributed by atoms with van der Waals surface area (Å²) >= 11 is 0. The molecule has 10 heteroatoms. The van der Waals surface area contributed by atoms with E-state index in [1.807, 2.05) is 6.07 Å². The summed E-state index contributed by atoms with van der Waals surface area (Å²) in [7, 11) is 5.57. The fraction of sp³-hybridized carbons (Fsp3) is 0.462. The first-order valence-electron chi connectivity index (χ1n) is 11.5. The van der Waals surface area contributed by atoms with Gasteiger partial charge in [-0.1, -0.05) is 60.7 Å². The van der Waals surface area contributed by atoms with Crippen LogP contribution in [0.5, 0.6) is 0 Å². The smallest absolute Gasteiger partial charge is 0.274 e. The van der Waals surface area contributed by atoms with Gasteiger partial charge in [0.2, 0.25) is 5.72 Å². The molecule has 0 aromatic heterocycles. The highest BCUT2D eigenvalue weighted by atomic mass is 16.7. The van der Waals surface area contributed by atoms with Gasteiger partial charge in [-0.25, -0.2) is 0 Å². The Morgan fingerprint density at radius 1 is 0.917 bits per heavy atom. The summed E-state index contributed by atoms with van der Waals surface area (Å²) in [6.45, 7) is -0.416. The number of aliphatic hydroxyl groups is 2. The maximum Gasteiger partial charge on any atom is 0.274 e. The number of carbonyl (C=O) groups excluding carboxylic acids is 2. The van der Waals surface area contributed by atoms with Gasteiger partial charge in [-0.15, -0.1) is 0 Å². The average Bonchev–Trinajstić information content (AvgIpc) is 3.06. The molecule has 3 atom stereocenters. The minimum absolute atomic E-state index is 0.104. The Morgan fingerprint density at radius 3 is 1.97 bits per heavy atom. The molecule has 196 valence electrons. The summed E-state index contributed by atoms with van der Waals surface area (Å²) in [5.41, 5.74) is -3.59. The molecular formula is C26H34N2O8. The van der Waals surface area contributed by atoms with Gasteiger partial charge in [0.15, 0.2) is 18.2 Å². The lowest BCUT2D eigenvalue weighted by Crippen LogP contribution is -2.61. The van der Waals surface area contributed by atoms with E-state index in [2.05, 4.69) is 5.32 Å². The van der Waals surface area contributed by atoms with Crippen LogP contribution in [0, 0.1) is 0 Å². The van der Waals surface area contributed by atoms with E-state index in [-0.39, 0.29) is 19.5 Å². The topological polar surface area (TPSA) is 127 Å². The summed E-state index contributed by atoms with van der Waals surface area (Å²) in [4.78, 5) is 28.5. The van der Waals surface area contributed by atoms with E-state index in [4.69, 9.17) is 18.9 Å².